The Kier molecular flexibility index (Phi) is 7.22. The second-order valence-electron chi connectivity index (χ2n) is 5.15. The predicted molar refractivity (Wildman–Crippen MR) is 95.1 cm³/mol. The van der Waals surface area contributed by atoms with E-state index in [9.17, 15) is 9.59 Å². The van der Waals surface area contributed by atoms with Crippen molar-refractivity contribution in [1.29, 1.82) is 0 Å². The van der Waals surface area contributed by atoms with E-state index in [1.165, 1.54) is 12.1 Å². The molecule has 0 fully saturated rings. The predicted octanol–water partition coefficient (Wildman–Crippen LogP) is 3.64. The molecule has 0 aliphatic rings. The normalized spacial score (nSPS) is 11.4. The zero-order valence-corrected chi connectivity index (χ0v) is 14.2. The molecule has 7 heteroatoms. The summed E-state index contributed by atoms with van der Waals surface area (Å²) in [5.41, 5.74) is 7.96. The van der Waals surface area contributed by atoms with E-state index >= 15 is 0 Å². The monoisotopic (exact) mass is 369 g/mol. The molecule has 2 aromatic rings. The topological polar surface area (TPSA) is 101 Å². The first kappa shape index (κ1) is 20.0. The Morgan fingerprint density at radius 2 is 1.83 bits per heavy atom. The van der Waals surface area contributed by atoms with Crippen LogP contribution < -0.4 is 5.73 Å². The van der Waals surface area contributed by atoms with Gasteiger partial charge in [-0.15, -0.1) is 12.4 Å². The first-order chi connectivity index (χ1) is 10.9. The van der Waals surface area contributed by atoms with Crippen LogP contribution in [0.1, 0.15) is 28.3 Å². The molecule has 0 spiro atoms. The molecule has 0 amide bonds. The molecule has 0 bridgehead atoms. The molecule has 0 saturated heterocycles. The molecule has 2 rings (SSSR count). The summed E-state index contributed by atoms with van der Waals surface area (Å²) in [4.78, 5) is 22.2. The molecule has 24 heavy (non-hydrogen) atoms. The van der Waals surface area contributed by atoms with Gasteiger partial charge in [-0.05, 0) is 47.5 Å². The van der Waals surface area contributed by atoms with Crippen LogP contribution in [-0.2, 0) is 4.79 Å². The average molecular weight is 370 g/mol. The van der Waals surface area contributed by atoms with E-state index in [1.54, 1.807) is 30.3 Å². The molecular formula is C17H17Cl2NO4. The van der Waals surface area contributed by atoms with Gasteiger partial charge in [-0.3, -0.25) is 4.79 Å². The largest absolute Gasteiger partial charge is 0.481 e. The summed E-state index contributed by atoms with van der Waals surface area (Å²) in [7, 11) is 0. The number of halogens is 2. The number of carboxylic acids is 2. The van der Waals surface area contributed by atoms with Crippen molar-refractivity contribution < 1.29 is 19.8 Å². The van der Waals surface area contributed by atoms with Gasteiger partial charge in [0.2, 0.25) is 0 Å². The van der Waals surface area contributed by atoms with Crippen molar-refractivity contribution in [2.75, 3.05) is 6.54 Å². The van der Waals surface area contributed by atoms with Crippen molar-refractivity contribution in [3.8, 4) is 11.1 Å². The Bertz CT molecular complexity index is 749. The van der Waals surface area contributed by atoms with Crippen LogP contribution in [0.3, 0.4) is 0 Å². The fraction of sp³-hybridized carbons (Fsp3) is 0.176. The first-order valence-electron chi connectivity index (χ1n) is 6.97. The third-order valence-electron chi connectivity index (χ3n) is 3.58. The number of aromatic carboxylic acids is 1. The number of nitrogens with two attached hydrogens (primary N) is 1. The summed E-state index contributed by atoms with van der Waals surface area (Å²) in [6, 6.07) is 11.5. The summed E-state index contributed by atoms with van der Waals surface area (Å²) < 4.78 is 0. The molecule has 1 atom stereocenters. The van der Waals surface area contributed by atoms with Gasteiger partial charge < -0.3 is 15.9 Å². The molecule has 2 aromatic carbocycles. The van der Waals surface area contributed by atoms with Crippen molar-refractivity contribution in [3.05, 3.63) is 58.6 Å². The van der Waals surface area contributed by atoms with Crippen LogP contribution in [0.15, 0.2) is 42.5 Å². The highest BCUT2D eigenvalue weighted by Crippen LogP contribution is 2.33. The highest BCUT2D eigenvalue weighted by molar-refractivity contribution is 6.30. The van der Waals surface area contributed by atoms with Gasteiger partial charge in [-0.25, -0.2) is 4.79 Å². The van der Waals surface area contributed by atoms with Crippen LogP contribution in [0.5, 0.6) is 0 Å². The summed E-state index contributed by atoms with van der Waals surface area (Å²) in [6.45, 7) is 0.166. The summed E-state index contributed by atoms with van der Waals surface area (Å²) in [5, 5.41) is 18.7. The summed E-state index contributed by atoms with van der Waals surface area (Å²) in [6.07, 6.45) is -0.107. The maximum absolute atomic E-state index is 11.1. The van der Waals surface area contributed by atoms with Crippen molar-refractivity contribution in [1.82, 2.24) is 0 Å². The molecule has 0 unspecified atom stereocenters. The van der Waals surface area contributed by atoms with Crippen LogP contribution >= 0.6 is 24.0 Å². The quantitative estimate of drug-likeness (QED) is 0.721. The van der Waals surface area contributed by atoms with Gasteiger partial charge in [0.1, 0.15) is 0 Å². The molecule has 0 aliphatic heterocycles. The molecular weight excluding hydrogens is 353 g/mol. The smallest absolute Gasteiger partial charge is 0.335 e. The van der Waals surface area contributed by atoms with Gasteiger partial charge in [0.25, 0.3) is 0 Å². The first-order valence-corrected chi connectivity index (χ1v) is 7.35. The maximum atomic E-state index is 11.1. The zero-order chi connectivity index (χ0) is 17.0. The number of carboxylic acid groups (broad SMARTS) is 2. The van der Waals surface area contributed by atoms with Gasteiger partial charge in [-0.1, -0.05) is 29.8 Å². The standard InChI is InChI=1S/C17H16ClNO4.ClH/c18-13-4-5-14(12(9-19)7-16(20)21)15(8-13)10-2-1-3-11(6-10)17(22)23;/h1-6,8,12H,7,9,19H2,(H,20,21)(H,22,23);1H/t12-;/m0./s1. The van der Waals surface area contributed by atoms with Crippen LogP contribution in [0.25, 0.3) is 11.1 Å². The Morgan fingerprint density at radius 1 is 1.12 bits per heavy atom. The Morgan fingerprint density at radius 3 is 2.42 bits per heavy atom. The zero-order valence-electron chi connectivity index (χ0n) is 12.6. The molecule has 5 nitrogen and oxygen atoms in total. The highest BCUT2D eigenvalue weighted by atomic mass is 35.5. The van der Waals surface area contributed by atoms with Crippen LogP contribution in [0, 0.1) is 0 Å². The lowest BCUT2D eigenvalue weighted by atomic mass is 9.88. The molecule has 0 heterocycles. The summed E-state index contributed by atoms with van der Waals surface area (Å²) in [5.74, 6) is -2.36. The fourth-order valence-electron chi connectivity index (χ4n) is 2.49. The second kappa shape index (κ2) is 8.68. The Labute approximate surface area is 150 Å². The fourth-order valence-corrected chi connectivity index (χ4v) is 2.66. The van der Waals surface area contributed by atoms with E-state index in [-0.39, 0.29) is 36.9 Å². The van der Waals surface area contributed by atoms with E-state index in [1.807, 2.05) is 0 Å². The number of aliphatic carboxylic acids is 1. The number of benzene rings is 2. The molecule has 0 aromatic heterocycles. The van der Waals surface area contributed by atoms with Crippen molar-refractivity contribution in [2.24, 2.45) is 5.73 Å². The van der Waals surface area contributed by atoms with Crippen molar-refractivity contribution in [2.45, 2.75) is 12.3 Å². The molecule has 4 N–H and O–H groups in total. The number of carbonyl (C=O) groups is 2. The van der Waals surface area contributed by atoms with Crippen LogP contribution in [0.4, 0.5) is 0 Å². The lowest BCUT2D eigenvalue weighted by Crippen LogP contribution is -2.17. The SMILES string of the molecule is Cl.NC[C@H](CC(=O)O)c1ccc(Cl)cc1-c1cccc(C(=O)O)c1. The molecule has 0 radical (unpaired) electrons. The van der Waals surface area contributed by atoms with E-state index in [4.69, 9.17) is 27.5 Å². The minimum atomic E-state index is -1.03. The van der Waals surface area contributed by atoms with E-state index in [2.05, 4.69) is 0 Å². The van der Waals surface area contributed by atoms with Crippen molar-refractivity contribution in [3.63, 3.8) is 0 Å². The third kappa shape index (κ3) is 4.71. The number of rotatable bonds is 6. The molecule has 128 valence electrons. The maximum Gasteiger partial charge on any atom is 0.335 e. The van der Waals surface area contributed by atoms with Crippen molar-refractivity contribution >= 4 is 35.9 Å². The lowest BCUT2D eigenvalue weighted by molar-refractivity contribution is -0.137. The van der Waals surface area contributed by atoms with E-state index < -0.39 is 11.9 Å². The van der Waals surface area contributed by atoms with E-state index in [0.717, 1.165) is 5.56 Å². The third-order valence-corrected chi connectivity index (χ3v) is 3.82. The number of hydrogen-bond acceptors (Lipinski definition) is 3. The second-order valence-corrected chi connectivity index (χ2v) is 5.58. The van der Waals surface area contributed by atoms with Gasteiger partial charge in [-0.2, -0.15) is 0 Å². The average Bonchev–Trinajstić information content (AvgIpc) is 2.52. The minimum Gasteiger partial charge on any atom is -0.481 e. The van der Waals surface area contributed by atoms with Gasteiger partial charge in [0.05, 0.1) is 12.0 Å². The Hall–Kier alpha value is -2.08. The van der Waals surface area contributed by atoms with E-state index in [0.29, 0.717) is 16.1 Å². The van der Waals surface area contributed by atoms with Crippen LogP contribution in [-0.4, -0.2) is 28.7 Å². The highest BCUT2D eigenvalue weighted by Gasteiger charge is 2.19. The van der Waals surface area contributed by atoms with Gasteiger partial charge >= 0.3 is 11.9 Å². The Balaban J connectivity index is 0.00000288. The van der Waals surface area contributed by atoms with Gasteiger partial charge in [0.15, 0.2) is 0 Å². The number of hydrogen-bond donors (Lipinski definition) is 3. The minimum absolute atomic E-state index is 0. The van der Waals surface area contributed by atoms with Gasteiger partial charge in [0, 0.05) is 10.9 Å². The molecule has 0 aliphatic carbocycles. The molecule has 0 saturated carbocycles. The lowest BCUT2D eigenvalue weighted by Gasteiger charge is -2.18. The van der Waals surface area contributed by atoms with Crippen LogP contribution in [0.2, 0.25) is 5.02 Å². The summed E-state index contributed by atoms with van der Waals surface area (Å²) >= 11 is 6.06.